The third kappa shape index (κ3) is 7.82. The molecule has 0 fully saturated rings. The monoisotopic (exact) mass is 696 g/mol. The van der Waals surface area contributed by atoms with E-state index in [-0.39, 0.29) is 54.0 Å². The van der Waals surface area contributed by atoms with Gasteiger partial charge in [-0.05, 0) is 52.1 Å². The summed E-state index contributed by atoms with van der Waals surface area (Å²) in [6, 6.07) is 46.6. The van der Waals surface area contributed by atoms with E-state index in [1.807, 2.05) is 121 Å². The maximum absolute atomic E-state index is 14.7. The predicted octanol–water partition coefficient (Wildman–Crippen LogP) is 9.10. The first-order valence-electron chi connectivity index (χ1n) is 16.7. The smallest absolute Gasteiger partial charge is 0.190 e. The molecule has 256 valence electrons. The van der Waals surface area contributed by atoms with Crippen LogP contribution in [0.4, 0.5) is 0 Å². The topological polar surface area (TPSA) is 88.1 Å². The van der Waals surface area contributed by atoms with Gasteiger partial charge in [0, 0.05) is 6.42 Å². The molecule has 6 aromatic rings. The molecule has 1 aliphatic rings. The molecule has 1 heterocycles. The van der Waals surface area contributed by atoms with Crippen molar-refractivity contribution in [1.29, 1.82) is 0 Å². The summed E-state index contributed by atoms with van der Waals surface area (Å²) in [5.41, 5.74) is 4.08. The third-order valence-corrected chi connectivity index (χ3v) is 10.8. The van der Waals surface area contributed by atoms with Crippen molar-refractivity contribution in [3.05, 3.63) is 185 Å². The number of rotatable bonds is 13. The van der Waals surface area contributed by atoms with Gasteiger partial charge in [0.25, 0.3) is 0 Å². The molecule has 0 radical (unpaired) electrons. The van der Waals surface area contributed by atoms with Crippen LogP contribution in [0.3, 0.4) is 0 Å². The van der Waals surface area contributed by atoms with Gasteiger partial charge in [-0.2, -0.15) is 0 Å². The van der Waals surface area contributed by atoms with E-state index in [1.165, 1.54) is 0 Å². The number of hydrogen-bond acceptors (Lipinski definition) is 7. The van der Waals surface area contributed by atoms with Crippen LogP contribution in [-0.4, -0.2) is 14.2 Å². The molecule has 6 aromatic carbocycles. The number of benzene rings is 6. The zero-order valence-corrected chi connectivity index (χ0v) is 28.6. The van der Waals surface area contributed by atoms with Crippen molar-refractivity contribution in [2.24, 2.45) is 0 Å². The Hall–Kier alpha value is -5.86. The summed E-state index contributed by atoms with van der Waals surface area (Å²) in [5, 5.41) is -1.19. The minimum Gasteiger partial charge on any atom is -0.488 e. The molecule has 0 amide bonds. The predicted molar refractivity (Wildman–Crippen MR) is 195 cm³/mol. The van der Waals surface area contributed by atoms with Crippen LogP contribution in [0, 0.1) is 0 Å². The van der Waals surface area contributed by atoms with Crippen LogP contribution in [0.15, 0.2) is 157 Å². The lowest BCUT2D eigenvalue weighted by Gasteiger charge is -2.28. The molecule has 7 rings (SSSR count). The molecule has 0 aliphatic carbocycles. The van der Waals surface area contributed by atoms with Gasteiger partial charge in [0.15, 0.2) is 27.1 Å². The Kier molecular flexibility index (Phi) is 10.1. The van der Waals surface area contributed by atoms with Crippen molar-refractivity contribution < 1.29 is 32.2 Å². The SMILES string of the molecule is O=C1CC(c2ccc(OCc3ccccc3)c(OCc3ccccc3)c2)S(=O)(=O)c2c(OCc3ccccc3)ccc(OCc3ccccc3)c21. The number of Topliss-reactive ketones (excluding diaryl/α,β-unsaturated/α-hetero) is 1. The zero-order valence-electron chi connectivity index (χ0n) is 27.8. The molecule has 0 bridgehead atoms. The highest BCUT2D eigenvalue weighted by Crippen LogP contribution is 2.48. The molecule has 1 atom stereocenters. The van der Waals surface area contributed by atoms with Crippen LogP contribution in [0.25, 0.3) is 0 Å². The summed E-state index contributed by atoms with van der Waals surface area (Å²) in [4.78, 5) is 13.9. The summed E-state index contributed by atoms with van der Waals surface area (Å²) in [6.45, 7) is 0.825. The van der Waals surface area contributed by atoms with Crippen LogP contribution in [-0.2, 0) is 36.3 Å². The summed E-state index contributed by atoms with van der Waals surface area (Å²) in [6.07, 6.45) is -0.276. The lowest BCUT2D eigenvalue weighted by atomic mass is 9.99. The largest absolute Gasteiger partial charge is 0.488 e. The van der Waals surface area contributed by atoms with Gasteiger partial charge in [0.1, 0.15) is 42.8 Å². The number of sulfone groups is 1. The van der Waals surface area contributed by atoms with E-state index < -0.39 is 15.1 Å². The Morgan fingerprint density at radius 1 is 0.471 bits per heavy atom. The Morgan fingerprint density at radius 3 is 1.35 bits per heavy atom. The van der Waals surface area contributed by atoms with Crippen molar-refractivity contribution >= 4 is 15.6 Å². The highest BCUT2D eigenvalue weighted by Gasteiger charge is 2.44. The number of ketones is 1. The Morgan fingerprint density at radius 2 is 0.863 bits per heavy atom. The summed E-state index contributed by atoms with van der Waals surface area (Å²) in [5.74, 6) is 0.782. The average Bonchev–Trinajstić information content (AvgIpc) is 3.17. The molecular weight excluding hydrogens is 661 g/mol. The molecule has 0 N–H and O–H groups in total. The number of hydrogen-bond donors (Lipinski definition) is 0. The van der Waals surface area contributed by atoms with Gasteiger partial charge >= 0.3 is 0 Å². The van der Waals surface area contributed by atoms with E-state index in [1.54, 1.807) is 30.3 Å². The van der Waals surface area contributed by atoms with Crippen LogP contribution in [0.1, 0.15) is 49.8 Å². The Labute approximate surface area is 298 Å². The first-order valence-corrected chi connectivity index (χ1v) is 18.3. The summed E-state index contributed by atoms with van der Waals surface area (Å²) in [7, 11) is -4.18. The summed E-state index contributed by atoms with van der Waals surface area (Å²) >= 11 is 0. The zero-order chi connectivity index (χ0) is 35.0. The van der Waals surface area contributed by atoms with Gasteiger partial charge in [-0.15, -0.1) is 0 Å². The Balaban J connectivity index is 1.25. The number of carbonyl (C=O) groups is 1. The fraction of sp³-hybridized carbons (Fsp3) is 0.140. The molecule has 0 spiro atoms. The average molecular weight is 697 g/mol. The van der Waals surface area contributed by atoms with E-state index in [0.29, 0.717) is 23.7 Å². The number of carbonyl (C=O) groups excluding carboxylic acids is 1. The van der Waals surface area contributed by atoms with Crippen LogP contribution >= 0.6 is 0 Å². The van der Waals surface area contributed by atoms with E-state index in [2.05, 4.69) is 0 Å². The first kappa shape index (κ1) is 33.6. The standard InChI is InChI=1S/C43H36O7S/c44-36-26-41(35-21-22-37(47-27-31-13-5-1-6-14-31)40(25-35)50-30-34-19-11-4-12-20-34)51(45,46)43-39(49-29-33-17-9-3-10-18-33)24-23-38(42(36)43)48-28-32-15-7-2-8-16-32/h1-25,41H,26-30H2. The molecule has 8 heteroatoms. The van der Waals surface area contributed by atoms with Gasteiger partial charge in [0.2, 0.25) is 0 Å². The molecule has 7 nitrogen and oxygen atoms in total. The van der Waals surface area contributed by atoms with Crippen molar-refractivity contribution in [2.75, 3.05) is 0 Å². The fourth-order valence-electron chi connectivity index (χ4n) is 6.04. The lowest BCUT2D eigenvalue weighted by Crippen LogP contribution is -2.27. The van der Waals surface area contributed by atoms with Crippen LogP contribution in [0.5, 0.6) is 23.0 Å². The summed E-state index contributed by atoms with van der Waals surface area (Å²) < 4.78 is 54.2. The van der Waals surface area contributed by atoms with Gasteiger partial charge in [-0.3, -0.25) is 4.79 Å². The van der Waals surface area contributed by atoms with Crippen LogP contribution < -0.4 is 18.9 Å². The minimum absolute atomic E-state index is 0.0103. The van der Waals surface area contributed by atoms with E-state index in [0.717, 1.165) is 22.3 Å². The van der Waals surface area contributed by atoms with Gasteiger partial charge in [0.05, 0.1) is 10.8 Å². The number of ether oxygens (including phenoxy) is 4. The quantitative estimate of drug-likeness (QED) is 0.119. The van der Waals surface area contributed by atoms with Crippen LogP contribution in [0.2, 0.25) is 0 Å². The second kappa shape index (κ2) is 15.4. The van der Waals surface area contributed by atoms with E-state index in [9.17, 15) is 13.2 Å². The minimum atomic E-state index is -4.18. The maximum Gasteiger partial charge on any atom is 0.190 e. The fourth-order valence-corrected chi connectivity index (χ4v) is 8.11. The van der Waals surface area contributed by atoms with Crippen molar-refractivity contribution in [3.63, 3.8) is 0 Å². The molecule has 0 saturated heterocycles. The number of fused-ring (bicyclic) bond motifs is 1. The molecule has 1 unspecified atom stereocenters. The molecule has 0 aromatic heterocycles. The van der Waals surface area contributed by atoms with Crippen molar-refractivity contribution in [3.8, 4) is 23.0 Å². The van der Waals surface area contributed by atoms with Gasteiger partial charge in [-0.25, -0.2) is 8.42 Å². The lowest BCUT2D eigenvalue weighted by molar-refractivity contribution is 0.0967. The normalized spacial score (nSPS) is 14.7. The molecule has 51 heavy (non-hydrogen) atoms. The molecule has 1 aliphatic heterocycles. The van der Waals surface area contributed by atoms with Crippen molar-refractivity contribution in [1.82, 2.24) is 0 Å². The second-order valence-electron chi connectivity index (χ2n) is 12.2. The first-order chi connectivity index (χ1) is 25.0. The highest BCUT2D eigenvalue weighted by atomic mass is 32.2. The van der Waals surface area contributed by atoms with E-state index >= 15 is 0 Å². The van der Waals surface area contributed by atoms with Crippen molar-refractivity contribution in [2.45, 2.75) is 43.0 Å². The second-order valence-corrected chi connectivity index (χ2v) is 14.3. The van der Waals surface area contributed by atoms with Gasteiger partial charge < -0.3 is 18.9 Å². The van der Waals surface area contributed by atoms with E-state index in [4.69, 9.17) is 18.9 Å². The molecular formula is C43H36O7S. The highest BCUT2D eigenvalue weighted by molar-refractivity contribution is 7.92. The Bertz CT molecular complexity index is 2210. The molecule has 0 saturated carbocycles. The van der Waals surface area contributed by atoms with Gasteiger partial charge in [-0.1, -0.05) is 127 Å². The maximum atomic E-state index is 14.7. The third-order valence-electron chi connectivity index (χ3n) is 8.68.